The fourth-order valence-electron chi connectivity index (χ4n) is 3.58. The van der Waals surface area contributed by atoms with Crippen LogP contribution in [0.2, 0.25) is 0 Å². The summed E-state index contributed by atoms with van der Waals surface area (Å²) in [5.74, 6) is 3.74. The van der Waals surface area contributed by atoms with Gasteiger partial charge in [0.15, 0.2) is 0 Å². The molecular formula is C19H38N2O. The first-order chi connectivity index (χ1) is 10.3. The molecule has 0 N–H and O–H groups in total. The van der Waals surface area contributed by atoms with Crippen LogP contribution in [-0.4, -0.2) is 48.9 Å². The summed E-state index contributed by atoms with van der Waals surface area (Å²) in [5.41, 5.74) is 0. The van der Waals surface area contributed by atoms with Gasteiger partial charge in [0, 0.05) is 20.0 Å². The monoisotopic (exact) mass is 310 g/mol. The van der Waals surface area contributed by atoms with Crippen LogP contribution in [0.25, 0.3) is 0 Å². The second-order valence-corrected chi connectivity index (χ2v) is 7.97. The standard InChI is InChI=1S/C10H19NO.C9H19N/c1-8(2)10-4-6-11(7-5-10)9(3)12;1-8(2)9-4-6-10(3)7-5-9/h8,10H,4-7H2,1-3H3;8-9H,4-7H2,1-3H3. The fraction of sp³-hybridized carbons (Fsp3) is 0.947. The van der Waals surface area contributed by atoms with Crippen molar-refractivity contribution in [3.63, 3.8) is 0 Å². The van der Waals surface area contributed by atoms with E-state index in [0.29, 0.717) is 0 Å². The van der Waals surface area contributed by atoms with Crippen molar-refractivity contribution in [3.8, 4) is 0 Å². The highest BCUT2D eigenvalue weighted by Gasteiger charge is 2.22. The molecule has 0 spiro atoms. The Hall–Kier alpha value is -0.570. The fourth-order valence-corrected chi connectivity index (χ4v) is 3.58. The average molecular weight is 311 g/mol. The number of hydrogen-bond acceptors (Lipinski definition) is 2. The number of likely N-dealkylation sites (tertiary alicyclic amines) is 2. The highest BCUT2D eigenvalue weighted by Crippen LogP contribution is 2.24. The van der Waals surface area contributed by atoms with E-state index in [9.17, 15) is 4.79 Å². The Labute approximate surface area is 138 Å². The summed E-state index contributed by atoms with van der Waals surface area (Å²) in [6.45, 7) is 15.5. The smallest absolute Gasteiger partial charge is 0.219 e. The van der Waals surface area contributed by atoms with E-state index in [1.54, 1.807) is 6.92 Å². The molecule has 2 aliphatic heterocycles. The molecule has 2 heterocycles. The van der Waals surface area contributed by atoms with Gasteiger partial charge in [-0.3, -0.25) is 4.79 Å². The largest absolute Gasteiger partial charge is 0.343 e. The van der Waals surface area contributed by atoms with E-state index in [4.69, 9.17) is 0 Å². The molecule has 0 atom stereocenters. The van der Waals surface area contributed by atoms with Crippen molar-refractivity contribution in [2.75, 3.05) is 33.2 Å². The third-order valence-electron chi connectivity index (χ3n) is 5.63. The summed E-state index contributed by atoms with van der Waals surface area (Å²) in [6.07, 6.45) is 5.21. The SMILES string of the molecule is CC(=O)N1CCC(C(C)C)CC1.CC(C)C1CCN(C)CC1. The van der Waals surface area contributed by atoms with Crippen LogP contribution in [0.5, 0.6) is 0 Å². The zero-order valence-electron chi connectivity index (χ0n) is 15.8. The van der Waals surface area contributed by atoms with E-state index in [2.05, 4.69) is 39.6 Å². The number of carbonyl (C=O) groups excluding carboxylic acids is 1. The average Bonchev–Trinajstić information content (AvgIpc) is 2.48. The quantitative estimate of drug-likeness (QED) is 0.772. The van der Waals surface area contributed by atoms with Crippen LogP contribution in [0.1, 0.15) is 60.3 Å². The third-order valence-corrected chi connectivity index (χ3v) is 5.63. The minimum atomic E-state index is 0.234. The second kappa shape index (κ2) is 9.54. The number of piperidine rings is 2. The minimum Gasteiger partial charge on any atom is -0.343 e. The summed E-state index contributed by atoms with van der Waals surface area (Å²) in [6, 6.07) is 0. The summed E-state index contributed by atoms with van der Waals surface area (Å²) < 4.78 is 0. The maximum Gasteiger partial charge on any atom is 0.219 e. The molecule has 130 valence electrons. The predicted molar refractivity (Wildman–Crippen MR) is 94.9 cm³/mol. The second-order valence-electron chi connectivity index (χ2n) is 7.97. The lowest BCUT2D eigenvalue weighted by molar-refractivity contribution is -0.130. The first-order valence-electron chi connectivity index (χ1n) is 9.25. The Bertz CT molecular complexity index is 311. The van der Waals surface area contributed by atoms with Crippen molar-refractivity contribution >= 4 is 5.91 Å². The van der Waals surface area contributed by atoms with Crippen LogP contribution < -0.4 is 0 Å². The van der Waals surface area contributed by atoms with Crippen molar-refractivity contribution in [1.82, 2.24) is 9.80 Å². The third kappa shape index (κ3) is 6.68. The Morgan fingerprint density at radius 1 is 0.818 bits per heavy atom. The molecule has 2 fully saturated rings. The Morgan fingerprint density at radius 3 is 1.50 bits per heavy atom. The lowest BCUT2D eigenvalue weighted by Crippen LogP contribution is -2.38. The van der Waals surface area contributed by atoms with Crippen LogP contribution in [0.15, 0.2) is 0 Å². The topological polar surface area (TPSA) is 23.6 Å². The Kier molecular flexibility index (Phi) is 8.45. The molecule has 3 heteroatoms. The zero-order chi connectivity index (χ0) is 16.7. The highest BCUT2D eigenvalue weighted by atomic mass is 16.2. The molecule has 22 heavy (non-hydrogen) atoms. The molecule has 0 aliphatic carbocycles. The minimum absolute atomic E-state index is 0.234. The van der Waals surface area contributed by atoms with Crippen LogP contribution >= 0.6 is 0 Å². The van der Waals surface area contributed by atoms with Gasteiger partial charge in [-0.05, 0) is 69.5 Å². The van der Waals surface area contributed by atoms with Gasteiger partial charge >= 0.3 is 0 Å². The van der Waals surface area contributed by atoms with Crippen LogP contribution in [0.3, 0.4) is 0 Å². The van der Waals surface area contributed by atoms with Gasteiger partial charge in [0.1, 0.15) is 0 Å². The van der Waals surface area contributed by atoms with Gasteiger partial charge in [-0.1, -0.05) is 27.7 Å². The molecule has 2 aliphatic rings. The molecule has 0 unspecified atom stereocenters. The van der Waals surface area contributed by atoms with Crippen LogP contribution in [0.4, 0.5) is 0 Å². The van der Waals surface area contributed by atoms with Crippen LogP contribution in [0, 0.1) is 23.7 Å². The van der Waals surface area contributed by atoms with E-state index >= 15 is 0 Å². The van der Waals surface area contributed by atoms with E-state index in [1.807, 2.05) is 4.90 Å². The molecule has 0 radical (unpaired) electrons. The van der Waals surface area contributed by atoms with Crippen molar-refractivity contribution in [2.45, 2.75) is 60.3 Å². The molecule has 1 amide bonds. The summed E-state index contributed by atoms with van der Waals surface area (Å²) in [7, 11) is 2.22. The molecular weight excluding hydrogens is 272 g/mol. The van der Waals surface area contributed by atoms with Gasteiger partial charge in [0.2, 0.25) is 5.91 Å². The molecule has 0 bridgehead atoms. The van der Waals surface area contributed by atoms with E-state index in [0.717, 1.165) is 36.8 Å². The van der Waals surface area contributed by atoms with Crippen molar-refractivity contribution in [3.05, 3.63) is 0 Å². The maximum absolute atomic E-state index is 11.0. The summed E-state index contributed by atoms with van der Waals surface area (Å²) in [4.78, 5) is 15.4. The number of nitrogens with zero attached hydrogens (tertiary/aromatic N) is 2. The molecule has 0 aromatic carbocycles. The molecule has 2 rings (SSSR count). The van der Waals surface area contributed by atoms with Crippen LogP contribution in [-0.2, 0) is 4.79 Å². The van der Waals surface area contributed by atoms with Gasteiger partial charge in [0.25, 0.3) is 0 Å². The van der Waals surface area contributed by atoms with Gasteiger partial charge in [0.05, 0.1) is 0 Å². The molecule has 3 nitrogen and oxygen atoms in total. The number of amides is 1. The maximum atomic E-state index is 11.0. The summed E-state index contributed by atoms with van der Waals surface area (Å²) in [5, 5.41) is 0. The lowest BCUT2D eigenvalue weighted by Gasteiger charge is -2.33. The first kappa shape index (κ1) is 19.5. The van der Waals surface area contributed by atoms with Crippen molar-refractivity contribution in [1.29, 1.82) is 0 Å². The highest BCUT2D eigenvalue weighted by molar-refractivity contribution is 5.73. The molecule has 2 saturated heterocycles. The van der Waals surface area contributed by atoms with E-state index in [-0.39, 0.29) is 5.91 Å². The first-order valence-corrected chi connectivity index (χ1v) is 9.25. The lowest BCUT2D eigenvalue weighted by atomic mass is 9.87. The number of carbonyl (C=O) groups is 1. The van der Waals surface area contributed by atoms with Crippen molar-refractivity contribution in [2.24, 2.45) is 23.7 Å². The van der Waals surface area contributed by atoms with Gasteiger partial charge < -0.3 is 9.80 Å². The Balaban J connectivity index is 0.000000224. The zero-order valence-corrected chi connectivity index (χ0v) is 15.8. The Morgan fingerprint density at radius 2 is 1.18 bits per heavy atom. The normalized spacial score (nSPS) is 21.9. The predicted octanol–water partition coefficient (Wildman–Crippen LogP) is 3.89. The van der Waals surface area contributed by atoms with Gasteiger partial charge in [-0.25, -0.2) is 0 Å². The number of hydrogen-bond donors (Lipinski definition) is 0. The van der Waals surface area contributed by atoms with Gasteiger partial charge in [-0.15, -0.1) is 0 Å². The summed E-state index contributed by atoms with van der Waals surface area (Å²) >= 11 is 0. The van der Waals surface area contributed by atoms with Crippen molar-refractivity contribution < 1.29 is 4.79 Å². The van der Waals surface area contributed by atoms with Gasteiger partial charge in [-0.2, -0.15) is 0 Å². The molecule has 0 saturated carbocycles. The van der Waals surface area contributed by atoms with E-state index < -0.39 is 0 Å². The molecule has 0 aromatic rings. The van der Waals surface area contributed by atoms with E-state index in [1.165, 1.54) is 38.8 Å². The molecule has 0 aromatic heterocycles. The number of rotatable bonds is 2.